The van der Waals surface area contributed by atoms with E-state index >= 15 is 0 Å². The third kappa shape index (κ3) is 2.12. The van der Waals surface area contributed by atoms with Crippen molar-refractivity contribution in [2.75, 3.05) is 20.1 Å². The van der Waals surface area contributed by atoms with Gasteiger partial charge < -0.3 is 10.2 Å². The van der Waals surface area contributed by atoms with Gasteiger partial charge in [-0.05, 0) is 51.2 Å². The summed E-state index contributed by atoms with van der Waals surface area (Å²) in [5.41, 5.74) is 0.628. The molecule has 82 valence electrons. The van der Waals surface area contributed by atoms with Gasteiger partial charge in [-0.25, -0.2) is 0 Å². The van der Waals surface area contributed by atoms with Crippen molar-refractivity contribution in [2.45, 2.75) is 51.6 Å². The zero-order valence-electron chi connectivity index (χ0n) is 9.84. The Labute approximate surface area is 88.1 Å². The third-order valence-corrected chi connectivity index (χ3v) is 4.31. The number of rotatable bonds is 3. The third-order valence-electron chi connectivity index (χ3n) is 4.31. The summed E-state index contributed by atoms with van der Waals surface area (Å²) in [7, 11) is 2.23. The highest BCUT2D eigenvalue weighted by Gasteiger charge is 2.48. The quantitative estimate of drug-likeness (QED) is 0.741. The Morgan fingerprint density at radius 2 is 2.00 bits per heavy atom. The molecule has 2 fully saturated rings. The van der Waals surface area contributed by atoms with Gasteiger partial charge >= 0.3 is 0 Å². The molecule has 0 amide bonds. The monoisotopic (exact) mass is 196 g/mol. The Balaban J connectivity index is 1.72. The lowest BCUT2D eigenvalue weighted by Gasteiger charge is -2.30. The molecular weight excluding hydrogens is 172 g/mol. The number of likely N-dealkylation sites (tertiary alicyclic amines) is 1. The molecule has 2 rings (SSSR count). The number of piperidine rings is 1. The van der Waals surface area contributed by atoms with Crippen LogP contribution in [0.2, 0.25) is 0 Å². The largest absolute Gasteiger partial charge is 0.311 e. The maximum atomic E-state index is 3.83. The van der Waals surface area contributed by atoms with Crippen molar-refractivity contribution < 1.29 is 0 Å². The van der Waals surface area contributed by atoms with Crippen LogP contribution in [0.4, 0.5) is 0 Å². The molecule has 2 heteroatoms. The van der Waals surface area contributed by atoms with Gasteiger partial charge in [0, 0.05) is 12.1 Å². The van der Waals surface area contributed by atoms with Gasteiger partial charge in [-0.1, -0.05) is 13.8 Å². The van der Waals surface area contributed by atoms with Crippen LogP contribution in [0.15, 0.2) is 0 Å². The topological polar surface area (TPSA) is 15.3 Å². The summed E-state index contributed by atoms with van der Waals surface area (Å²) in [4.78, 5) is 2.43. The summed E-state index contributed by atoms with van der Waals surface area (Å²) in [6, 6.07) is 1.62. The van der Waals surface area contributed by atoms with Crippen LogP contribution in [0.3, 0.4) is 0 Å². The highest BCUT2D eigenvalue weighted by atomic mass is 15.1. The molecule has 1 N–H and O–H groups in total. The van der Waals surface area contributed by atoms with E-state index in [4.69, 9.17) is 0 Å². The second-order valence-electron chi connectivity index (χ2n) is 5.51. The molecule has 1 aliphatic heterocycles. The van der Waals surface area contributed by atoms with E-state index in [1.54, 1.807) is 0 Å². The van der Waals surface area contributed by atoms with Crippen molar-refractivity contribution in [3.8, 4) is 0 Å². The van der Waals surface area contributed by atoms with Gasteiger partial charge in [-0.2, -0.15) is 0 Å². The number of hydrogen-bond donors (Lipinski definition) is 1. The molecule has 1 heterocycles. The molecule has 0 radical (unpaired) electrons. The molecule has 2 unspecified atom stereocenters. The molecule has 0 aromatic heterocycles. The molecule has 1 saturated carbocycles. The van der Waals surface area contributed by atoms with E-state index in [0.717, 1.165) is 12.1 Å². The Bertz CT molecular complexity index is 196. The number of nitrogens with one attached hydrogen (secondary N) is 1. The lowest BCUT2D eigenvalue weighted by Crippen LogP contribution is -2.42. The highest BCUT2D eigenvalue weighted by molar-refractivity contribution is 5.05. The van der Waals surface area contributed by atoms with Crippen LogP contribution in [-0.4, -0.2) is 37.1 Å². The summed E-state index contributed by atoms with van der Waals surface area (Å²) < 4.78 is 0. The van der Waals surface area contributed by atoms with Crippen LogP contribution in [0.1, 0.15) is 39.5 Å². The number of nitrogens with zero attached hydrogens (tertiary/aromatic N) is 1. The van der Waals surface area contributed by atoms with Gasteiger partial charge in [-0.3, -0.25) is 0 Å². The Morgan fingerprint density at radius 1 is 1.36 bits per heavy atom. The first-order valence-electron chi connectivity index (χ1n) is 6.08. The second-order valence-corrected chi connectivity index (χ2v) is 5.51. The molecule has 1 aliphatic carbocycles. The summed E-state index contributed by atoms with van der Waals surface area (Å²) >= 11 is 0. The van der Waals surface area contributed by atoms with E-state index in [9.17, 15) is 0 Å². The molecule has 2 aliphatic rings. The Kier molecular flexibility index (Phi) is 2.85. The van der Waals surface area contributed by atoms with E-state index in [0.29, 0.717) is 5.41 Å². The molecule has 2 atom stereocenters. The van der Waals surface area contributed by atoms with Crippen molar-refractivity contribution in [1.82, 2.24) is 10.2 Å². The van der Waals surface area contributed by atoms with Gasteiger partial charge in [0.05, 0.1) is 0 Å². The maximum absolute atomic E-state index is 3.83. The van der Waals surface area contributed by atoms with Crippen molar-refractivity contribution in [2.24, 2.45) is 5.41 Å². The minimum atomic E-state index is 0.628. The summed E-state index contributed by atoms with van der Waals surface area (Å²) in [5.74, 6) is 0. The molecular formula is C12H24N2. The van der Waals surface area contributed by atoms with Crippen LogP contribution in [0, 0.1) is 5.41 Å². The van der Waals surface area contributed by atoms with Crippen LogP contribution < -0.4 is 5.32 Å². The van der Waals surface area contributed by atoms with Crippen LogP contribution >= 0.6 is 0 Å². The predicted octanol–water partition coefficient (Wildman–Crippen LogP) is 1.86. The fraction of sp³-hybridized carbons (Fsp3) is 1.00. The van der Waals surface area contributed by atoms with E-state index < -0.39 is 0 Å². The molecule has 0 aromatic rings. The second kappa shape index (κ2) is 3.82. The van der Waals surface area contributed by atoms with Crippen molar-refractivity contribution in [3.63, 3.8) is 0 Å². The smallest absolute Gasteiger partial charge is 0.0130 e. The first-order chi connectivity index (χ1) is 6.64. The zero-order chi connectivity index (χ0) is 10.2. The molecule has 0 aromatic carbocycles. The van der Waals surface area contributed by atoms with E-state index in [-0.39, 0.29) is 0 Å². The Hall–Kier alpha value is -0.0800. The van der Waals surface area contributed by atoms with Gasteiger partial charge in [-0.15, -0.1) is 0 Å². The maximum Gasteiger partial charge on any atom is 0.0130 e. The predicted molar refractivity (Wildman–Crippen MR) is 60.5 cm³/mol. The average molecular weight is 196 g/mol. The van der Waals surface area contributed by atoms with Gasteiger partial charge in [0.2, 0.25) is 0 Å². The fourth-order valence-electron chi connectivity index (χ4n) is 2.52. The molecule has 2 nitrogen and oxygen atoms in total. The van der Waals surface area contributed by atoms with E-state index in [1.807, 2.05) is 0 Å². The number of hydrogen-bond acceptors (Lipinski definition) is 2. The van der Waals surface area contributed by atoms with E-state index in [2.05, 4.69) is 31.1 Å². The van der Waals surface area contributed by atoms with Gasteiger partial charge in [0.25, 0.3) is 0 Å². The van der Waals surface area contributed by atoms with Crippen molar-refractivity contribution in [3.05, 3.63) is 0 Å². The molecule has 1 saturated heterocycles. The summed E-state index contributed by atoms with van der Waals surface area (Å²) in [6.45, 7) is 7.27. The van der Waals surface area contributed by atoms with Crippen molar-refractivity contribution >= 4 is 0 Å². The van der Waals surface area contributed by atoms with E-state index in [1.165, 1.54) is 38.8 Å². The summed E-state index contributed by atoms with van der Waals surface area (Å²) in [6.07, 6.45) is 5.41. The minimum Gasteiger partial charge on any atom is -0.311 e. The zero-order valence-corrected chi connectivity index (χ0v) is 9.84. The van der Waals surface area contributed by atoms with Crippen LogP contribution in [0.25, 0.3) is 0 Å². The van der Waals surface area contributed by atoms with Crippen LogP contribution in [-0.2, 0) is 0 Å². The lowest BCUT2D eigenvalue weighted by molar-refractivity contribution is 0.229. The van der Waals surface area contributed by atoms with Crippen molar-refractivity contribution in [1.29, 1.82) is 0 Å². The molecule has 0 spiro atoms. The highest BCUT2D eigenvalue weighted by Crippen LogP contribution is 2.48. The normalized spacial score (nSPS) is 40.1. The lowest BCUT2D eigenvalue weighted by atomic mass is 10.0. The Morgan fingerprint density at radius 3 is 2.50 bits per heavy atom. The summed E-state index contributed by atoms with van der Waals surface area (Å²) in [5, 5.41) is 3.83. The molecule has 14 heavy (non-hydrogen) atoms. The molecule has 0 bridgehead atoms. The van der Waals surface area contributed by atoms with Crippen LogP contribution in [0.5, 0.6) is 0 Å². The SMILES string of the molecule is CCC1(C)CC1NC1CCN(C)CC1. The minimum absolute atomic E-state index is 0.628. The fourth-order valence-corrected chi connectivity index (χ4v) is 2.52. The first kappa shape index (κ1) is 10.4. The van der Waals surface area contributed by atoms with Gasteiger partial charge in [0.1, 0.15) is 0 Å². The first-order valence-corrected chi connectivity index (χ1v) is 6.08. The standard InChI is InChI=1S/C12H24N2/c1-4-12(2)9-11(12)13-10-5-7-14(3)8-6-10/h10-11,13H,4-9H2,1-3H3. The average Bonchev–Trinajstić information content (AvgIpc) is 2.82. The van der Waals surface area contributed by atoms with Gasteiger partial charge in [0.15, 0.2) is 0 Å².